The molecule has 2 atom stereocenters. The number of rotatable bonds is 3. The molecule has 0 aromatic heterocycles. The van der Waals surface area contributed by atoms with Crippen LogP contribution in [-0.2, 0) is 11.3 Å². The monoisotopic (exact) mass is 360 g/mol. The summed E-state index contributed by atoms with van der Waals surface area (Å²) < 4.78 is 17.3. The number of carbonyl (C=O) groups excluding carboxylic acids is 1. The van der Waals surface area contributed by atoms with Gasteiger partial charge in [-0.3, -0.25) is 9.69 Å². The molecule has 0 N–H and O–H groups in total. The van der Waals surface area contributed by atoms with Gasteiger partial charge in [-0.1, -0.05) is 0 Å². The van der Waals surface area contributed by atoms with Crippen molar-refractivity contribution in [3.05, 3.63) is 17.7 Å². The molecule has 0 aliphatic carbocycles. The standard InChI is InChI=1S/C20H28N2O4/c1-14(23)21-10-15-4-5-17(13-21)22(11-15)12-16-8-19-20(9-18(16)24-2)26-7-3-6-25-19/h8-9,15,17H,3-7,10-13H2,1-2H3/t15-,17+/m1/s1. The van der Waals surface area contributed by atoms with Crippen molar-refractivity contribution in [2.45, 2.75) is 38.8 Å². The molecule has 5 rings (SSSR count). The summed E-state index contributed by atoms with van der Waals surface area (Å²) in [5.41, 5.74) is 1.12. The summed E-state index contributed by atoms with van der Waals surface area (Å²) in [6.07, 6.45) is 3.26. The van der Waals surface area contributed by atoms with Crippen LogP contribution in [0.2, 0.25) is 0 Å². The van der Waals surface area contributed by atoms with Gasteiger partial charge in [-0.2, -0.15) is 0 Å². The van der Waals surface area contributed by atoms with Crippen molar-refractivity contribution in [1.29, 1.82) is 0 Å². The van der Waals surface area contributed by atoms with E-state index in [9.17, 15) is 4.79 Å². The second-order valence-corrected chi connectivity index (χ2v) is 7.61. The number of ether oxygens (including phenoxy) is 3. The topological polar surface area (TPSA) is 51.2 Å². The van der Waals surface area contributed by atoms with Gasteiger partial charge >= 0.3 is 0 Å². The summed E-state index contributed by atoms with van der Waals surface area (Å²) in [6, 6.07) is 4.44. The summed E-state index contributed by atoms with van der Waals surface area (Å²) in [5.74, 6) is 3.17. The van der Waals surface area contributed by atoms with Crippen LogP contribution in [0.3, 0.4) is 0 Å². The molecule has 4 aliphatic heterocycles. The number of nitrogens with zero attached hydrogens (tertiary/aromatic N) is 2. The van der Waals surface area contributed by atoms with Crippen LogP contribution in [0.4, 0.5) is 0 Å². The van der Waals surface area contributed by atoms with E-state index in [1.165, 1.54) is 6.42 Å². The van der Waals surface area contributed by atoms with E-state index < -0.39 is 0 Å². The molecule has 0 radical (unpaired) electrons. The van der Waals surface area contributed by atoms with Crippen LogP contribution in [0.1, 0.15) is 31.7 Å². The molecule has 1 aromatic carbocycles. The maximum absolute atomic E-state index is 11.9. The molecule has 3 fully saturated rings. The maximum atomic E-state index is 11.9. The first-order valence-electron chi connectivity index (χ1n) is 9.60. The molecule has 1 aromatic rings. The lowest BCUT2D eigenvalue weighted by Gasteiger charge is -2.36. The molecular formula is C20H28N2O4. The number of benzene rings is 1. The number of fused-ring (bicyclic) bond motifs is 5. The average molecular weight is 360 g/mol. The van der Waals surface area contributed by atoms with Gasteiger partial charge in [0.25, 0.3) is 0 Å². The second kappa shape index (κ2) is 7.35. The van der Waals surface area contributed by atoms with Crippen LogP contribution in [0.5, 0.6) is 17.2 Å². The Balaban J connectivity index is 1.57. The molecule has 4 aliphatic rings. The normalized spacial score (nSPS) is 25.5. The predicted octanol–water partition coefficient (Wildman–Crippen LogP) is 2.30. The SMILES string of the molecule is COc1cc2c(cc1CN1C[C@@H]3CC[C@H]1CN(C(C)=O)C3)OCCCO2. The molecule has 6 heteroatoms. The first kappa shape index (κ1) is 17.5. The lowest BCUT2D eigenvalue weighted by molar-refractivity contribution is -0.129. The molecule has 3 saturated heterocycles. The fourth-order valence-electron chi connectivity index (χ4n) is 4.39. The predicted molar refractivity (Wildman–Crippen MR) is 97.8 cm³/mol. The number of methoxy groups -OCH3 is 1. The van der Waals surface area contributed by atoms with E-state index in [-0.39, 0.29) is 5.91 Å². The Morgan fingerprint density at radius 1 is 1.15 bits per heavy atom. The molecule has 1 amide bonds. The number of hydrogen-bond donors (Lipinski definition) is 0. The van der Waals surface area contributed by atoms with E-state index in [1.54, 1.807) is 14.0 Å². The number of carbonyl (C=O) groups is 1. The van der Waals surface area contributed by atoms with Gasteiger partial charge in [-0.25, -0.2) is 0 Å². The van der Waals surface area contributed by atoms with Gasteiger partial charge in [0.05, 0.1) is 20.3 Å². The highest BCUT2D eigenvalue weighted by Crippen LogP contribution is 2.38. The van der Waals surface area contributed by atoms with Gasteiger partial charge in [-0.15, -0.1) is 0 Å². The number of amides is 1. The summed E-state index contributed by atoms with van der Waals surface area (Å²) in [4.78, 5) is 16.4. The molecule has 0 unspecified atom stereocenters. The van der Waals surface area contributed by atoms with Crippen molar-refractivity contribution in [3.8, 4) is 17.2 Å². The highest BCUT2D eigenvalue weighted by atomic mass is 16.5. The summed E-state index contributed by atoms with van der Waals surface area (Å²) in [6.45, 7) is 6.60. The number of hydrogen-bond acceptors (Lipinski definition) is 5. The van der Waals surface area contributed by atoms with E-state index in [0.29, 0.717) is 25.2 Å². The summed E-state index contributed by atoms with van der Waals surface area (Å²) >= 11 is 0. The largest absolute Gasteiger partial charge is 0.496 e. The van der Waals surface area contributed by atoms with E-state index >= 15 is 0 Å². The first-order valence-corrected chi connectivity index (χ1v) is 9.60. The minimum atomic E-state index is 0.192. The van der Waals surface area contributed by atoms with Crippen LogP contribution < -0.4 is 14.2 Å². The molecule has 142 valence electrons. The molecule has 0 spiro atoms. The molecule has 6 nitrogen and oxygen atoms in total. The molecule has 2 bridgehead atoms. The smallest absolute Gasteiger partial charge is 0.219 e. The van der Waals surface area contributed by atoms with Gasteiger partial charge in [0.1, 0.15) is 5.75 Å². The van der Waals surface area contributed by atoms with Crippen LogP contribution in [0.15, 0.2) is 12.1 Å². The van der Waals surface area contributed by atoms with E-state index in [2.05, 4.69) is 11.0 Å². The molecular weight excluding hydrogens is 332 g/mol. The third-order valence-corrected chi connectivity index (χ3v) is 5.80. The van der Waals surface area contributed by atoms with Gasteiger partial charge < -0.3 is 19.1 Å². The first-order chi connectivity index (χ1) is 12.6. The lowest BCUT2D eigenvalue weighted by Crippen LogP contribution is -2.43. The van der Waals surface area contributed by atoms with Crippen LogP contribution in [-0.4, -0.2) is 61.7 Å². The second-order valence-electron chi connectivity index (χ2n) is 7.61. The third kappa shape index (κ3) is 3.47. The zero-order chi connectivity index (χ0) is 18.1. The quantitative estimate of drug-likeness (QED) is 0.828. The zero-order valence-corrected chi connectivity index (χ0v) is 15.7. The van der Waals surface area contributed by atoms with Crippen molar-refractivity contribution in [2.75, 3.05) is 40.0 Å². The maximum Gasteiger partial charge on any atom is 0.219 e. The number of piperidine rings is 1. The van der Waals surface area contributed by atoms with Gasteiger partial charge in [0, 0.05) is 57.2 Å². The van der Waals surface area contributed by atoms with E-state index in [4.69, 9.17) is 14.2 Å². The van der Waals surface area contributed by atoms with Crippen molar-refractivity contribution in [3.63, 3.8) is 0 Å². The summed E-state index contributed by atoms with van der Waals surface area (Å²) in [5, 5.41) is 0. The Bertz CT molecular complexity index is 678. The van der Waals surface area contributed by atoms with Gasteiger partial charge in [-0.05, 0) is 24.8 Å². The molecule has 0 saturated carbocycles. The van der Waals surface area contributed by atoms with Crippen molar-refractivity contribution in [2.24, 2.45) is 5.92 Å². The van der Waals surface area contributed by atoms with Crippen LogP contribution in [0.25, 0.3) is 0 Å². The molecule has 4 heterocycles. The zero-order valence-electron chi connectivity index (χ0n) is 15.7. The highest BCUT2D eigenvalue weighted by Gasteiger charge is 2.36. The van der Waals surface area contributed by atoms with Crippen LogP contribution in [0, 0.1) is 5.92 Å². The Hall–Kier alpha value is -1.95. The van der Waals surface area contributed by atoms with Crippen molar-refractivity contribution in [1.82, 2.24) is 9.80 Å². The van der Waals surface area contributed by atoms with Crippen LogP contribution >= 0.6 is 0 Å². The Kier molecular flexibility index (Phi) is 4.94. The Labute approximate surface area is 155 Å². The minimum absolute atomic E-state index is 0.192. The third-order valence-electron chi connectivity index (χ3n) is 5.80. The minimum Gasteiger partial charge on any atom is -0.496 e. The average Bonchev–Trinajstić information content (AvgIpc) is 3.05. The van der Waals surface area contributed by atoms with Gasteiger partial charge in [0.15, 0.2) is 11.5 Å². The van der Waals surface area contributed by atoms with E-state index in [1.807, 2.05) is 11.0 Å². The van der Waals surface area contributed by atoms with E-state index in [0.717, 1.165) is 61.8 Å². The highest BCUT2D eigenvalue weighted by molar-refractivity contribution is 5.73. The Morgan fingerprint density at radius 2 is 1.92 bits per heavy atom. The van der Waals surface area contributed by atoms with Crippen molar-refractivity contribution >= 4 is 5.91 Å². The lowest BCUT2D eigenvalue weighted by atomic mass is 9.94. The molecule has 26 heavy (non-hydrogen) atoms. The fourth-order valence-corrected chi connectivity index (χ4v) is 4.39. The van der Waals surface area contributed by atoms with Gasteiger partial charge in [0.2, 0.25) is 5.91 Å². The Morgan fingerprint density at radius 3 is 2.65 bits per heavy atom. The fraction of sp³-hybridized carbons (Fsp3) is 0.650. The van der Waals surface area contributed by atoms with Crippen molar-refractivity contribution < 1.29 is 19.0 Å². The summed E-state index contributed by atoms with van der Waals surface area (Å²) in [7, 11) is 1.70.